The Balaban J connectivity index is 2.29. The standard InChI is InChI=1S/C17H14BrN3O4/c1-10(2)16-14(9-13-6-7-15(18)25-13)17(22)20(19-16)11-4-3-5-12(8-11)21(23)24/h3-9,19H,1-2H3. The van der Waals surface area contributed by atoms with Gasteiger partial charge in [-0.25, -0.2) is 4.68 Å². The normalized spacial score (nSPS) is 11.7. The fourth-order valence-electron chi connectivity index (χ4n) is 2.44. The Morgan fingerprint density at radius 1 is 1.32 bits per heavy atom. The fraction of sp³-hybridized carbons (Fsp3) is 0.118. The Labute approximate surface area is 150 Å². The van der Waals surface area contributed by atoms with E-state index in [0.29, 0.717) is 26.7 Å². The molecule has 0 saturated carbocycles. The molecule has 1 N–H and O–H groups in total. The van der Waals surface area contributed by atoms with Crippen molar-refractivity contribution < 1.29 is 9.34 Å². The van der Waals surface area contributed by atoms with E-state index in [-0.39, 0.29) is 11.2 Å². The van der Waals surface area contributed by atoms with Crippen LogP contribution in [0, 0.1) is 10.1 Å². The molecular formula is C17H14BrN3O4. The summed E-state index contributed by atoms with van der Waals surface area (Å²) in [6.45, 7) is 3.75. The summed E-state index contributed by atoms with van der Waals surface area (Å²) < 4.78 is 7.30. The number of nitrogens with one attached hydrogen (secondary N) is 1. The SMILES string of the molecule is CC(C)=c1[nH]n(-c2cccc([N+](=O)[O-])c2)c(=O)c1=Cc1ccc(Br)o1. The summed E-state index contributed by atoms with van der Waals surface area (Å²) in [5.74, 6) is 0.525. The van der Waals surface area contributed by atoms with Crippen molar-refractivity contribution in [3.05, 3.63) is 77.9 Å². The molecule has 7 nitrogen and oxygen atoms in total. The van der Waals surface area contributed by atoms with Crippen LogP contribution >= 0.6 is 15.9 Å². The van der Waals surface area contributed by atoms with Gasteiger partial charge in [-0.15, -0.1) is 0 Å². The predicted octanol–water partition coefficient (Wildman–Crippen LogP) is 2.45. The number of aromatic nitrogens is 2. The Kier molecular flexibility index (Phi) is 4.45. The molecule has 0 amide bonds. The van der Waals surface area contributed by atoms with E-state index in [4.69, 9.17) is 4.42 Å². The summed E-state index contributed by atoms with van der Waals surface area (Å²) in [6.07, 6.45) is 1.64. The summed E-state index contributed by atoms with van der Waals surface area (Å²) >= 11 is 3.23. The fourth-order valence-corrected chi connectivity index (χ4v) is 2.76. The first kappa shape index (κ1) is 17.0. The zero-order valence-corrected chi connectivity index (χ0v) is 15.0. The molecule has 0 aliphatic heterocycles. The van der Waals surface area contributed by atoms with Gasteiger partial charge in [0.1, 0.15) is 5.76 Å². The lowest BCUT2D eigenvalue weighted by atomic mass is 10.2. The number of aromatic amines is 1. The molecule has 3 rings (SSSR count). The Bertz CT molecular complexity index is 1130. The second-order valence-corrected chi connectivity index (χ2v) is 6.39. The molecule has 2 heterocycles. The molecule has 8 heteroatoms. The highest BCUT2D eigenvalue weighted by molar-refractivity contribution is 9.10. The van der Waals surface area contributed by atoms with Crippen molar-refractivity contribution in [1.82, 2.24) is 9.78 Å². The lowest BCUT2D eigenvalue weighted by Crippen LogP contribution is -2.35. The van der Waals surface area contributed by atoms with Crippen molar-refractivity contribution in [1.29, 1.82) is 0 Å². The largest absolute Gasteiger partial charge is 0.450 e. The van der Waals surface area contributed by atoms with Gasteiger partial charge in [0.2, 0.25) is 0 Å². The van der Waals surface area contributed by atoms with Gasteiger partial charge in [-0.1, -0.05) is 11.6 Å². The molecule has 25 heavy (non-hydrogen) atoms. The minimum Gasteiger partial charge on any atom is -0.450 e. The van der Waals surface area contributed by atoms with E-state index < -0.39 is 4.92 Å². The molecule has 0 unspecified atom stereocenters. The maximum absolute atomic E-state index is 12.9. The second kappa shape index (κ2) is 6.56. The molecule has 3 aromatic rings. The van der Waals surface area contributed by atoms with E-state index in [1.165, 1.54) is 22.9 Å². The van der Waals surface area contributed by atoms with Crippen LogP contribution in [0.25, 0.3) is 17.3 Å². The molecular weight excluding hydrogens is 390 g/mol. The van der Waals surface area contributed by atoms with Crippen molar-refractivity contribution >= 4 is 33.3 Å². The van der Waals surface area contributed by atoms with Crippen LogP contribution in [-0.2, 0) is 0 Å². The first-order valence-corrected chi connectivity index (χ1v) is 8.16. The smallest absolute Gasteiger partial charge is 0.279 e. The number of halogens is 1. The lowest BCUT2D eigenvalue weighted by Gasteiger charge is -2.00. The van der Waals surface area contributed by atoms with E-state index in [2.05, 4.69) is 21.0 Å². The van der Waals surface area contributed by atoms with Gasteiger partial charge in [0, 0.05) is 12.1 Å². The van der Waals surface area contributed by atoms with Gasteiger partial charge in [0.05, 0.1) is 21.2 Å². The van der Waals surface area contributed by atoms with Crippen molar-refractivity contribution in [2.45, 2.75) is 13.8 Å². The number of hydrogen-bond acceptors (Lipinski definition) is 4. The van der Waals surface area contributed by atoms with E-state index in [1.807, 2.05) is 13.8 Å². The highest BCUT2D eigenvalue weighted by Gasteiger charge is 2.11. The molecule has 128 valence electrons. The predicted molar refractivity (Wildman–Crippen MR) is 97.0 cm³/mol. The van der Waals surface area contributed by atoms with Crippen molar-refractivity contribution in [3.63, 3.8) is 0 Å². The van der Waals surface area contributed by atoms with Gasteiger partial charge < -0.3 is 4.42 Å². The molecule has 2 aromatic heterocycles. The number of nitro benzene ring substituents is 1. The van der Waals surface area contributed by atoms with E-state index in [1.54, 1.807) is 24.3 Å². The third-order valence-electron chi connectivity index (χ3n) is 3.61. The molecule has 1 aromatic carbocycles. The van der Waals surface area contributed by atoms with Crippen molar-refractivity contribution in [2.24, 2.45) is 0 Å². The molecule has 0 saturated heterocycles. The van der Waals surface area contributed by atoms with Crippen LogP contribution in [-0.4, -0.2) is 14.7 Å². The third-order valence-corrected chi connectivity index (χ3v) is 4.03. The zero-order chi connectivity index (χ0) is 18.1. The molecule has 0 bridgehead atoms. The number of rotatable bonds is 3. The van der Waals surface area contributed by atoms with Crippen LogP contribution in [0.5, 0.6) is 0 Å². The topological polar surface area (TPSA) is 94.1 Å². The molecule has 0 atom stereocenters. The average molecular weight is 404 g/mol. The summed E-state index contributed by atoms with van der Waals surface area (Å²) in [7, 11) is 0. The number of benzene rings is 1. The van der Waals surface area contributed by atoms with Gasteiger partial charge in [-0.2, -0.15) is 0 Å². The Hall–Kier alpha value is -2.87. The third kappa shape index (κ3) is 3.34. The molecule has 0 spiro atoms. The van der Waals surface area contributed by atoms with Crippen LogP contribution < -0.4 is 16.1 Å². The van der Waals surface area contributed by atoms with Gasteiger partial charge in [0.25, 0.3) is 11.2 Å². The number of non-ortho nitro benzene ring substituents is 1. The number of furan rings is 1. The number of nitrogens with zero attached hydrogens (tertiary/aromatic N) is 2. The summed E-state index contributed by atoms with van der Waals surface area (Å²) in [5.41, 5.74) is 0.891. The minimum absolute atomic E-state index is 0.0850. The van der Waals surface area contributed by atoms with Gasteiger partial charge in [-0.05, 0) is 54.1 Å². The van der Waals surface area contributed by atoms with Crippen LogP contribution in [0.4, 0.5) is 5.69 Å². The van der Waals surface area contributed by atoms with Gasteiger partial charge in [-0.3, -0.25) is 20.0 Å². The quantitative estimate of drug-likeness (QED) is 0.536. The highest BCUT2D eigenvalue weighted by Crippen LogP contribution is 2.15. The maximum atomic E-state index is 12.9. The minimum atomic E-state index is -0.497. The molecule has 0 fully saturated rings. The van der Waals surface area contributed by atoms with Crippen LogP contribution in [0.2, 0.25) is 0 Å². The summed E-state index contributed by atoms with van der Waals surface area (Å²) in [6, 6.07) is 9.37. The zero-order valence-electron chi connectivity index (χ0n) is 13.4. The number of nitro groups is 1. The summed E-state index contributed by atoms with van der Waals surface area (Å²) in [5, 5.41) is 15.1. The first-order valence-electron chi connectivity index (χ1n) is 7.37. The Morgan fingerprint density at radius 3 is 2.68 bits per heavy atom. The van der Waals surface area contributed by atoms with Gasteiger partial charge in [0.15, 0.2) is 4.67 Å². The Morgan fingerprint density at radius 2 is 2.08 bits per heavy atom. The number of H-pyrrole nitrogens is 1. The second-order valence-electron chi connectivity index (χ2n) is 5.60. The first-order chi connectivity index (χ1) is 11.9. The monoisotopic (exact) mass is 403 g/mol. The lowest BCUT2D eigenvalue weighted by molar-refractivity contribution is -0.384. The maximum Gasteiger partial charge on any atom is 0.279 e. The summed E-state index contributed by atoms with van der Waals surface area (Å²) in [4.78, 5) is 23.3. The van der Waals surface area contributed by atoms with Crippen LogP contribution in [0.1, 0.15) is 19.6 Å². The van der Waals surface area contributed by atoms with Crippen LogP contribution in [0.15, 0.2) is 50.3 Å². The average Bonchev–Trinajstić information content (AvgIpc) is 3.12. The molecule has 0 aliphatic rings. The van der Waals surface area contributed by atoms with Crippen LogP contribution in [0.3, 0.4) is 0 Å². The molecule has 0 aliphatic carbocycles. The van der Waals surface area contributed by atoms with Gasteiger partial charge >= 0.3 is 0 Å². The highest BCUT2D eigenvalue weighted by atomic mass is 79.9. The van der Waals surface area contributed by atoms with Crippen molar-refractivity contribution in [2.75, 3.05) is 0 Å². The number of hydrogen-bond donors (Lipinski definition) is 1. The van der Waals surface area contributed by atoms with E-state index in [9.17, 15) is 14.9 Å². The van der Waals surface area contributed by atoms with Crippen molar-refractivity contribution in [3.8, 4) is 5.69 Å². The van der Waals surface area contributed by atoms with E-state index in [0.717, 1.165) is 5.57 Å². The molecule has 0 radical (unpaired) electrons. The van der Waals surface area contributed by atoms with E-state index >= 15 is 0 Å².